The van der Waals surface area contributed by atoms with Crippen LogP contribution >= 0.6 is 11.6 Å². The van der Waals surface area contributed by atoms with Crippen LogP contribution in [0.15, 0.2) is 29.2 Å². The highest BCUT2D eigenvalue weighted by Crippen LogP contribution is 2.20. The van der Waals surface area contributed by atoms with Crippen LogP contribution in [0.4, 0.5) is 0 Å². The van der Waals surface area contributed by atoms with E-state index in [-0.39, 0.29) is 10.8 Å². The van der Waals surface area contributed by atoms with Gasteiger partial charge in [0.2, 0.25) is 0 Å². The fourth-order valence-corrected chi connectivity index (χ4v) is 3.10. The van der Waals surface area contributed by atoms with Crippen LogP contribution in [0.5, 0.6) is 0 Å². The van der Waals surface area contributed by atoms with Crippen molar-refractivity contribution in [2.75, 3.05) is 25.2 Å². The summed E-state index contributed by atoms with van der Waals surface area (Å²) in [7, 11) is -3.29. The highest BCUT2D eigenvalue weighted by atomic mass is 35.5. The van der Waals surface area contributed by atoms with Gasteiger partial charge in [-0.2, -0.15) is 0 Å². The fraction of sp³-hybridized carbons (Fsp3) is 0.462. The molecule has 1 aromatic carbocycles. The molecule has 1 aliphatic rings. The third-order valence-corrected chi connectivity index (χ3v) is 4.85. The second-order valence-electron chi connectivity index (χ2n) is 4.86. The summed E-state index contributed by atoms with van der Waals surface area (Å²) in [4.78, 5) is 14.2. The number of likely N-dealkylation sites (tertiary alicyclic amines) is 1. The maximum Gasteiger partial charge on any atom is 0.253 e. The first-order chi connectivity index (χ1) is 8.91. The Balaban J connectivity index is 2.21. The summed E-state index contributed by atoms with van der Waals surface area (Å²) in [5, 5.41) is 0. The summed E-state index contributed by atoms with van der Waals surface area (Å²) in [5.74, 6) is 0.759. The summed E-state index contributed by atoms with van der Waals surface area (Å²) >= 11 is 5.79. The molecule has 4 nitrogen and oxygen atoms in total. The highest BCUT2D eigenvalue weighted by Gasteiger charge is 2.26. The Hall–Kier alpha value is -1.07. The minimum absolute atomic E-state index is 0.127. The molecule has 0 N–H and O–H groups in total. The Morgan fingerprint density at radius 1 is 1.47 bits per heavy atom. The molecule has 104 valence electrons. The molecule has 0 aromatic heterocycles. The van der Waals surface area contributed by atoms with Gasteiger partial charge < -0.3 is 4.90 Å². The van der Waals surface area contributed by atoms with Gasteiger partial charge in [0.25, 0.3) is 5.91 Å². The minimum atomic E-state index is -3.29. The zero-order valence-corrected chi connectivity index (χ0v) is 12.2. The maximum absolute atomic E-state index is 12.3. The second kappa shape index (κ2) is 5.51. The molecule has 2 rings (SSSR count). The predicted octanol–water partition coefficient (Wildman–Crippen LogP) is 1.79. The molecule has 1 saturated heterocycles. The SMILES string of the molecule is CS(=O)(=O)c1cccc(C(=O)N2CCC(CCl)C2)c1. The number of nitrogens with zero attached hydrogens (tertiary/aromatic N) is 1. The molecule has 1 unspecified atom stereocenters. The zero-order chi connectivity index (χ0) is 14.0. The zero-order valence-electron chi connectivity index (χ0n) is 10.7. The number of benzene rings is 1. The molecule has 0 aliphatic carbocycles. The first kappa shape index (κ1) is 14.3. The van der Waals surface area contributed by atoms with Crippen LogP contribution in [0, 0.1) is 5.92 Å². The van der Waals surface area contributed by atoms with Crippen molar-refractivity contribution in [1.29, 1.82) is 0 Å². The van der Waals surface area contributed by atoms with E-state index in [0.717, 1.165) is 12.7 Å². The van der Waals surface area contributed by atoms with E-state index in [1.165, 1.54) is 12.1 Å². The van der Waals surface area contributed by atoms with Crippen LogP contribution in [-0.2, 0) is 9.84 Å². The van der Waals surface area contributed by atoms with Gasteiger partial charge in [0.15, 0.2) is 9.84 Å². The number of halogens is 1. The van der Waals surface area contributed by atoms with E-state index in [4.69, 9.17) is 11.6 Å². The Labute approximate surface area is 118 Å². The minimum Gasteiger partial charge on any atom is -0.338 e. The lowest BCUT2D eigenvalue weighted by Gasteiger charge is -2.16. The number of rotatable bonds is 3. The molecule has 0 radical (unpaired) electrons. The maximum atomic E-state index is 12.3. The van der Waals surface area contributed by atoms with Crippen molar-refractivity contribution < 1.29 is 13.2 Å². The summed E-state index contributed by atoms with van der Waals surface area (Å²) in [6, 6.07) is 6.17. The number of alkyl halides is 1. The highest BCUT2D eigenvalue weighted by molar-refractivity contribution is 7.90. The molecule has 0 saturated carbocycles. The topological polar surface area (TPSA) is 54.5 Å². The first-order valence-corrected chi connectivity index (χ1v) is 8.50. The van der Waals surface area contributed by atoms with Gasteiger partial charge in [-0.15, -0.1) is 11.6 Å². The lowest BCUT2D eigenvalue weighted by Crippen LogP contribution is -2.29. The fourth-order valence-electron chi connectivity index (χ4n) is 2.19. The number of carbonyl (C=O) groups excluding carboxylic acids is 1. The number of sulfone groups is 1. The third kappa shape index (κ3) is 3.28. The number of carbonyl (C=O) groups is 1. The largest absolute Gasteiger partial charge is 0.338 e. The van der Waals surface area contributed by atoms with Crippen molar-refractivity contribution in [2.45, 2.75) is 11.3 Å². The van der Waals surface area contributed by atoms with E-state index in [0.29, 0.717) is 30.5 Å². The van der Waals surface area contributed by atoms with E-state index in [2.05, 4.69) is 0 Å². The van der Waals surface area contributed by atoms with Crippen molar-refractivity contribution in [3.63, 3.8) is 0 Å². The van der Waals surface area contributed by atoms with E-state index < -0.39 is 9.84 Å². The molecule has 0 spiro atoms. The van der Waals surface area contributed by atoms with E-state index in [1.54, 1.807) is 17.0 Å². The van der Waals surface area contributed by atoms with Crippen molar-refractivity contribution in [3.8, 4) is 0 Å². The quantitative estimate of drug-likeness (QED) is 0.800. The van der Waals surface area contributed by atoms with Crippen LogP contribution in [0.25, 0.3) is 0 Å². The molecular formula is C13H16ClNO3S. The van der Waals surface area contributed by atoms with Gasteiger partial charge in [0.1, 0.15) is 0 Å². The summed E-state index contributed by atoms with van der Waals surface area (Å²) in [5.41, 5.74) is 0.415. The summed E-state index contributed by atoms with van der Waals surface area (Å²) < 4.78 is 23.0. The molecule has 1 aliphatic heterocycles. The van der Waals surface area contributed by atoms with Crippen LogP contribution in [-0.4, -0.2) is 44.5 Å². The van der Waals surface area contributed by atoms with Gasteiger partial charge in [-0.1, -0.05) is 6.07 Å². The number of amides is 1. The summed E-state index contributed by atoms with van der Waals surface area (Å²) in [6.07, 6.45) is 2.04. The van der Waals surface area contributed by atoms with E-state index in [1.807, 2.05) is 0 Å². The van der Waals surface area contributed by atoms with Crippen LogP contribution < -0.4 is 0 Å². The van der Waals surface area contributed by atoms with Crippen molar-refractivity contribution in [2.24, 2.45) is 5.92 Å². The van der Waals surface area contributed by atoms with E-state index >= 15 is 0 Å². The third-order valence-electron chi connectivity index (χ3n) is 3.30. The number of hydrogen-bond acceptors (Lipinski definition) is 3. The normalized spacial score (nSPS) is 19.7. The Morgan fingerprint density at radius 2 is 2.21 bits per heavy atom. The van der Waals surface area contributed by atoms with E-state index in [9.17, 15) is 13.2 Å². The molecule has 1 aromatic rings. The van der Waals surface area contributed by atoms with Gasteiger partial charge in [0, 0.05) is 30.8 Å². The van der Waals surface area contributed by atoms with Gasteiger partial charge in [-0.05, 0) is 30.5 Å². The van der Waals surface area contributed by atoms with Gasteiger partial charge in [0.05, 0.1) is 4.90 Å². The Bertz CT molecular complexity index is 585. The van der Waals surface area contributed by atoms with Crippen molar-refractivity contribution >= 4 is 27.3 Å². The van der Waals surface area contributed by atoms with Gasteiger partial charge in [-0.3, -0.25) is 4.79 Å². The lowest BCUT2D eigenvalue weighted by molar-refractivity contribution is 0.0788. The molecule has 1 heterocycles. The van der Waals surface area contributed by atoms with Crippen LogP contribution in [0.1, 0.15) is 16.8 Å². The Morgan fingerprint density at radius 3 is 2.79 bits per heavy atom. The molecule has 1 fully saturated rings. The van der Waals surface area contributed by atoms with Crippen molar-refractivity contribution in [3.05, 3.63) is 29.8 Å². The van der Waals surface area contributed by atoms with Gasteiger partial charge >= 0.3 is 0 Å². The first-order valence-electron chi connectivity index (χ1n) is 6.07. The molecule has 6 heteroatoms. The predicted molar refractivity (Wildman–Crippen MR) is 74.3 cm³/mol. The van der Waals surface area contributed by atoms with Crippen molar-refractivity contribution in [1.82, 2.24) is 4.90 Å². The van der Waals surface area contributed by atoms with Gasteiger partial charge in [-0.25, -0.2) is 8.42 Å². The monoisotopic (exact) mass is 301 g/mol. The smallest absolute Gasteiger partial charge is 0.253 e. The van der Waals surface area contributed by atoms with Crippen LogP contribution in [0.3, 0.4) is 0 Å². The standard InChI is InChI=1S/C13H16ClNO3S/c1-19(17,18)12-4-2-3-11(7-12)13(16)15-6-5-10(8-14)9-15/h2-4,7,10H,5-6,8-9H2,1H3. The lowest BCUT2D eigenvalue weighted by atomic mass is 10.1. The summed E-state index contributed by atoms with van der Waals surface area (Å²) in [6.45, 7) is 1.32. The average molecular weight is 302 g/mol. The number of hydrogen-bond donors (Lipinski definition) is 0. The average Bonchev–Trinajstić information content (AvgIpc) is 2.86. The van der Waals surface area contributed by atoms with Crippen LogP contribution in [0.2, 0.25) is 0 Å². The molecule has 1 amide bonds. The molecular weight excluding hydrogens is 286 g/mol. The second-order valence-corrected chi connectivity index (χ2v) is 7.18. The molecule has 19 heavy (non-hydrogen) atoms. The Kier molecular flexibility index (Phi) is 4.16. The molecule has 1 atom stereocenters. The molecule has 0 bridgehead atoms.